The molecule has 0 N–H and O–H groups in total. The Balaban J connectivity index is 2.45. The standard InChI is InChI=1S/C14H17ClFNO3S/c1-2-11-5-3-4-8-17(11)14(18)12-9-10(16)6-7-13(12)21(15,19)20/h6-7,9,11H,2-5,8H2,1H3. The minimum Gasteiger partial charge on any atom is -0.336 e. The lowest BCUT2D eigenvalue weighted by atomic mass is 9.99. The number of hydrogen-bond donors (Lipinski definition) is 0. The molecule has 1 saturated heterocycles. The zero-order valence-corrected chi connectivity index (χ0v) is 13.3. The van der Waals surface area contributed by atoms with E-state index in [1.54, 1.807) is 4.90 Å². The molecule has 1 aliphatic rings. The fourth-order valence-corrected chi connectivity index (χ4v) is 3.77. The van der Waals surface area contributed by atoms with Gasteiger partial charge in [-0.25, -0.2) is 12.8 Å². The highest BCUT2D eigenvalue weighted by Crippen LogP contribution is 2.26. The summed E-state index contributed by atoms with van der Waals surface area (Å²) in [7, 11) is 1.25. The second-order valence-corrected chi connectivity index (χ2v) is 7.67. The molecule has 1 aromatic carbocycles. The first-order valence-electron chi connectivity index (χ1n) is 6.89. The summed E-state index contributed by atoms with van der Waals surface area (Å²) in [5, 5.41) is 0. The van der Waals surface area contributed by atoms with Crippen LogP contribution in [0.1, 0.15) is 43.0 Å². The smallest absolute Gasteiger partial charge is 0.262 e. The van der Waals surface area contributed by atoms with Crippen LogP contribution in [0, 0.1) is 5.82 Å². The van der Waals surface area contributed by atoms with E-state index in [-0.39, 0.29) is 16.5 Å². The van der Waals surface area contributed by atoms with Crippen molar-refractivity contribution < 1.29 is 17.6 Å². The summed E-state index contributed by atoms with van der Waals surface area (Å²) in [4.78, 5) is 13.9. The Morgan fingerprint density at radius 3 is 2.76 bits per heavy atom. The summed E-state index contributed by atoms with van der Waals surface area (Å²) in [6.07, 6.45) is 3.55. The van der Waals surface area contributed by atoms with Crippen molar-refractivity contribution in [2.75, 3.05) is 6.54 Å². The molecule has 2 rings (SSSR count). The summed E-state index contributed by atoms with van der Waals surface area (Å²) in [6, 6.07) is 3.02. The van der Waals surface area contributed by atoms with E-state index in [0.29, 0.717) is 6.54 Å². The normalized spacial score (nSPS) is 19.6. The molecule has 0 spiro atoms. The molecule has 0 radical (unpaired) electrons. The second kappa shape index (κ2) is 6.32. The number of halogens is 2. The minimum atomic E-state index is -4.10. The van der Waals surface area contributed by atoms with Crippen molar-refractivity contribution >= 4 is 25.6 Å². The summed E-state index contributed by atoms with van der Waals surface area (Å²) in [6.45, 7) is 2.52. The molecule has 0 bridgehead atoms. The van der Waals surface area contributed by atoms with Gasteiger partial charge in [-0.2, -0.15) is 0 Å². The third-order valence-electron chi connectivity index (χ3n) is 3.79. The first-order valence-corrected chi connectivity index (χ1v) is 9.20. The summed E-state index contributed by atoms with van der Waals surface area (Å²) in [5.41, 5.74) is -0.189. The lowest BCUT2D eigenvalue weighted by Gasteiger charge is -2.35. The molecule has 1 aliphatic heterocycles. The second-order valence-electron chi connectivity index (χ2n) is 5.13. The number of hydrogen-bond acceptors (Lipinski definition) is 3. The zero-order chi connectivity index (χ0) is 15.6. The van der Waals surface area contributed by atoms with Gasteiger partial charge < -0.3 is 4.90 Å². The van der Waals surface area contributed by atoms with Crippen LogP contribution < -0.4 is 0 Å². The van der Waals surface area contributed by atoms with Crippen molar-refractivity contribution in [1.82, 2.24) is 4.90 Å². The predicted octanol–water partition coefficient (Wildman–Crippen LogP) is 3.16. The number of amides is 1. The maximum atomic E-state index is 13.4. The quantitative estimate of drug-likeness (QED) is 0.798. The number of nitrogens with zero attached hydrogens (tertiary/aromatic N) is 1. The molecule has 0 aromatic heterocycles. The van der Waals surface area contributed by atoms with Crippen LogP contribution in [-0.2, 0) is 9.05 Å². The molecular weight excluding hydrogens is 317 g/mol. The van der Waals surface area contributed by atoms with Crippen LogP contribution in [-0.4, -0.2) is 31.8 Å². The van der Waals surface area contributed by atoms with Crippen molar-refractivity contribution in [3.8, 4) is 0 Å². The molecule has 1 aromatic rings. The molecule has 1 fully saturated rings. The molecule has 7 heteroatoms. The van der Waals surface area contributed by atoms with Gasteiger partial charge >= 0.3 is 0 Å². The largest absolute Gasteiger partial charge is 0.336 e. The van der Waals surface area contributed by atoms with Crippen molar-refractivity contribution in [2.45, 2.75) is 43.5 Å². The van der Waals surface area contributed by atoms with Crippen molar-refractivity contribution in [3.63, 3.8) is 0 Å². The van der Waals surface area contributed by atoms with Crippen LogP contribution >= 0.6 is 10.7 Å². The van der Waals surface area contributed by atoms with Crippen LogP contribution in [0.5, 0.6) is 0 Å². The van der Waals surface area contributed by atoms with Gasteiger partial charge in [0.2, 0.25) is 0 Å². The third-order valence-corrected chi connectivity index (χ3v) is 5.17. The molecule has 1 atom stereocenters. The van der Waals surface area contributed by atoms with E-state index in [1.165, 1.54) is 0 Å². The van der Waals surface area contributed by atoms with Crippen molar-refractivity contribution in [2.24, 2.45) is 0 Å². The number of piperidine rings is 1. The number of likely N-dealkylation sites (tertiary alicyclic amines) is 1. The molecule has 1 amide bonds. The van der Waals surface area contributed by atoms with Gasteiger partial charge in [-0.3, -0.25) is 4.79 Å². The van der Waals surface area contributed by atoms with E-state index in [1.807, 2.05) is 6.92 Å². The number of rotatable bonds is 3. The monoisotopic (exact) mass is 333 g/mol. The average molecular weight is 334 g/mol. The van der Waals surface area contributed by atoms with Gasteiger partial charge in [-0.15, -0.1) is 0 Å². The topological polar surface area (TPSA) is 54.5 Å². The Morgan fingerprint density at radius 1 is 1.43 bits per heavy atom. The van der Waals surface area contributed by atoms with Crippen LogP contribution in [0.3, 0.4) is 0 Å². The highest BCUT2D eigenvalue weighted by Gasteiger charge is 2.30. The summed E-state index contributed by atoms with van der Waals surface area (Å²) >= 11 is 0. The molecule has 4 nitrogen and oxygen atoms in total. The molecule has 1 heterocycles. The van der Waals surface area contributed by atoms with Crippen LogP contribution in [0.4, 0.5) is 4.39 Å². The molecular formula is C14H17ClFNO3S. The van der Waals surface area contributed by atoms with Crippen LogP contribution in [0.15, 0.2) is 23.1 Å². The fourth-order valence-electron chi connectivity index (χ4n) is 2.73. The lowest BCUT2D eigenvalue weighted by molar-refractivity contribution is 0.0603. The van der Waals surface area contributed by atoms with Crippen LogP contribution in [0.25, 0.3) is 0 Å². The average Bonchev–Trinajstić information content (AvgIpc) is 2.45. The number of benzene rings is 1. The van der Waals surface area contributed by atoms with Gasteiger partial charge in [-0.1, -0.05) is 6.92 Å². The maximum absolute atomic E-state index is 13.4. The SMILES string of the molecule is CCC1CCCCN1C(=O)c1cc(F)ccc1S(=O)(=O)Cl. The number of carbonyl (C=O) groups is 1. The van der Waals surface area contributed by atoms with E-state index in [2.05, 4.69) is 0 Å². The van der Waals surface area contributed by atoms with E-state index in [0.717, 1.165) is 43.9 Å². The van der Waals surface area contributed by atoms with E-state index < -0.39 is 20.8 Å². The summed E-state index contributed by atoms with van der Waals surface area (Å²) in [5.74, 6) is -1.13. The van der Waals surface area contributed by atoms with E-state index in [9.17, 15) is 17.6 Å². The number of carbonyl (C=O) groups excluding carboxylic acids is 1. The van der Waals surface area contributed by atoms with Gasteiger partial charge in [-0.05, 0) is 43.9 Å². The molecule has 1 unspecified atom stereocenters. The highest BCUT2D eigenvalue weighted by molar-refractivity contribution is 8.13. The predicted molar refractivity (Wildman–Crippen MR) is 78.4 cm³/mol. The van der Waals surface area contributed by atoms with E-state index >= 15 is 0 Å². The van der Waals surface area contributed by atoms with Gasteiger partial charge in [0.25, 0.3) is 15.0 Å². The van der Waals surface area contributed by atoms with E-state index in [4.69, 9.17) is 10.7 Å². The molecule has 116 valence electrons. The van der Waals surface area contributed by atoms with Gasteiger partial charge in [0, 0.05) is 23.3 Å². The fraction of sp³-hybridized carbons (Fsp3) is 0.500. The van der Waals surface area contributed by atoms with Crippen molar-refractivity contribution in [1.29, 1.82) is 0 Å². The Labute approximate surface area is 128 Å². The zero-order valence-electron chi connectivity index (χ0n) is 11.7. The Hall–Kier alpha value is -1.14. The Morgan fingerprint density at radius 2 is 2.14 bits per heavy atom. The molecule has 0 saturated carbocycles. The third kappa shape index (κ3) is 3.55. The minimum absolute atomic E-state index is 0.0559. The maximum Gasteiger partial charge on any atom is 0.262 e. The summed E-state index contributed by atoms with van der Waals surface area (Å²) < 4.78 is 36.6. The Kier molecular flexibility index (Phi) is 4.88. The first-order chi connectivity index (χ1) is 9.84. The molecule has 0 aliphatic carbocycles. The lowest BCUT2D eigenvalue weighted by Crippen LogP contribution is -2.43. The Bertz CT molecular complexity index is 648. The van der Waals surface area contributed by atoms with Gasteiger partial charge in [0.15, 0.2) is 0 Å². The van der Waals surface area contributed by atoms with Crippen LogP contribution in [0.2, 0.25) is 0 Å². The van der Waals surface area contributed by atoms with Gasteiger partial charge in [0.05, 0.1) is 10.5 Å². The highest BCUT2D eigenvalue weighted by atomic mass is 35.7. The van der Waals surface area contributed by atoms with Gasteiger partial charge in [0.1, 0.15) is 5.82 Å². The van der Waals surface area contributed by atoms with Crippen molar-refractivity contribution in [3.05, 3.63) is 29.6 Å². The first kappa shape index (κ1) is 16.2. The molecule has 21 heavy (non-hydrogen) atoms.